The maximum Gasteiger partial charge on any atom is 0.269 e. The predicted molar refractivity (Wildman–Crippen MR) is 136 cm³/mol. The monoisotopic (exact) mass is 553 g/mol. The maximum absolute atomic E-state index is 12.5. The Labute approximate surface area is 212 Å². The zero-order valence-electron chi connectivity index (χ0n) is 19.6. The van der Waals surface area contributed by atoms with Gasteiger partial charge in [0, 0.05) is 11.1 Å². The van der Waals surface area contributed by atoms with Gasteiger partial charge in [-0.15, -0.1) is 0 Å². The first-order chi connectivity index (χ1) is 16.2. The Morgan fingerprint density at radius 2 is 1.56 bits per heavy atom. The molecule has 2 aromatic carbocycles. The number of nitrogens with one attached hydrogen (secondary N) is 3. The van der Waals surface area contributed by atoms with Gasteiger partial charge in [0.15, 0.2) is 16.6 Å². The van der Waals surface area contributed by atoms with Gasteiger partial charge in [0.25, 0.3) is 11.8 Å². The summed E-state index contributed by atoms with van der Waals surface area (Å²) >= 11 is 8.53. The van der Waals surface area contributed by atoms with Crippen LogP contribution in [0.4, 0.5) is 0 Å². The van der Waals surface area contributed by atoms with Crippen LogP contribution in [-0.2, 0) is 0 Å². The number of ether oxygens (including phenoxy) is 4. The fourth-order valence-electron chi connectivity index (χ4n) is 2.77. The van der Waals surface area contributed by atoms with E-state index in [4.69, 9.17) is 31.2 Å². The Kier molecular flexibility index (Phi) is 10.4. The molecule has 184 valence electrons. The first kappa shape index (κ1) is 27.2. The molecule has 0 heterocycles. The molecule has 0 atom stereocenters. The van der Waals surface area contributed by atoms with Gasteiger partial charge in [-0.3, -0.25) is 25.8 Å². The Morgan fingerprint density at radius 1 is 0.912 bits per heavy atom. The van der Waals surface area contributed by atoms with Gasteiger partial charge in [-0.2, -0.15) is 0 Å². The highest BCUT2D eigenvalue weighted by Gasteiger charge is 2.17. The van der Waals surface area contributed by atoms with Crippen LogP contribution in [-0.4, -0.2) is 44.9 Å². The second kappa shape index (κ2) is 13.0. The smallest absolute Gasteiger partial charge is 0.269 e. The highest BCUT2D eigenvalue weighted by molar-refractivity contribution is 9.10. The summed E-state index contributed by atoms with van der Waals surface area (Å²) in [4.78, 5) is 25.0. The van der Waals surface area contributed by atoms with Crippen LogP contribution in [0.25, 0.3) is 0 Å². The van der Waals surface area contributed by atoms with Crippen molar-refractivity contribution >= 4 is 45.1 Å². The highest BCUT2D eigenvalue weighted by Crippen LogP contribution is 2.38. The molecule has 2 rings (SSSR count). The molecular formula is C23H28BrN3O6S. The molecule has 9 nitrogen and oxygen atoms in total. The lowest BCUT2D eigenvalue weighted by Gasteiger charge is -2.15. The molecule has 3 N–H and O–H groups in total. The Hall–Kier alpha value is -3.05. The molecule has 0 fully saturated rings. The van der Waals surface area contributed by atoms with Gasteiger partial charge in [-0.05, 0) is 70.8 Å². The van der Waals surface area contributed by atoms with E-state index in [2.05, 4.69) is 45.9 Å². The number of hydrogen-bond acceptors (Lipinski definition) is 7. The van der Waals surface area contributed by atoms with E-state index in [1.54, 1.807) is 18.2 Å². The Balaban J connectivity index is 1.95. The average molecular weight is 554 g/mol. The van der Waals surface area contributed by atoms with Crippen molar-refractivity contribution in [2.24, 2.45) is 5.92 Å². The molecule has 2 aromatic rings. The van der Waals surface area contributed by atoms with Crippen LogP contribution in [0.15, 0.2) is 34.8 Å². The van der Waals surface area contributed by atoms with Crippen molar-refractivity contribution in [2.45, 2.75) is 20.3 Å². The SMILES string of the molecule is COc1cc(C(=O)NNC(=S)NC(=O)c2ccc(OCCC(C)C)c(Br)c2)cc(OC)c1OC. The van der Waals surface area contributed by atoms with Crippen molar-refractivity contribution in [3.05, 3.63) is 45.9 Å². The normalized spacial score (nSPS) is 10.3. The van der Waals surface area contributed by atoms with Crippen LogP contribution >= 0.6 is 28.1 Å². The van der Waals surface area contributed by atoms with Gasteiger partial charge in [-0.1, -0.05) is 13.8 Å². The zero-order chi connectivity index (χ0) is 25.3. The van der Waals surface area contributed by atoms with Crippen molar-refractivity contribution in [1.82, 2.24) is 16.2 Å². The fraction of sp³-hybridized carbons (Fsp3) is 0.348. The fourth-order valence-corrected chi connectivity index (χ4v) is 3.41. The second-order valence-electron chi connectivity index (χ2n) is 7.45. The molecule has 0 aliphatic heterocycles. The molecule has 0 radical (unpaired) electrons. The third-order valence-corrected chi connectivity index (χ3v) is 5.41. The first-order valence-corrected chi connectivity index (χ1v) is 11.5. The molecule has 11 heteroatoms. The average Bonchev–Trinajstić information content (AvgIpc) is 2.82. The molecule has 0 bridgehead atoms. The minimum Gasteiger partial charge on any atom is -0.493 e. The molecular weight excluding hydrogens is 526 g/mol. The number of rotatable bonds is 9. The molecule has 34 heavy (non-hydrogen) atoms. The van der Waals surface area contributed by atoms with Crippen LogP contribution in [0.1, 0.15) is 41.0 Å². The van der Waals surface area contributed by atoms with Crippen molar-refractivity contribution in [1.29, 1.82) is 0 Å². The number of hydrogen-bond donors (Lipinski definition) is 3. The number of methoxy groups -OCH3 is 3. The van der Waals surface area contributed by atoms with Gasteiger partial charge < -0.3 is 18.9 Å². The molecule has 2 amide bonds. The number of benzene rings is 2. The molecule has 0 unspecified atom stereocenters. The molecule has 0 saturated heterocycles. The summed E-state index contributed by atoms with van der Waals surface area (Å²) in [5.74, 6) is 1.22. The first-order valence-electron chi connectivity index (χ1n) is 10.3. The number of hydrazine groups is 1. The summed E-state index contributed by atoms with van der Waals surface area (Å²) < 4.78 is 22.1. The van der Waals surface area contributed by atoms with Crippen molar-refractivity contribution in [3.8, 4) is 23.0 Å². The largest absolute Gasteiger partial charge is 0.493 e. The zero-order valence-corrected chi connectivity index (χ0v) is 22.0. The van der Waals surface area contributed by atoms with Gasteiger partial charge in [0.1, 0.15) is 5.75 Å². The Bertz CT molecular complexity index is 1020. The molecule has 0 aliphatic rings. The number of thiocarbonyl (C=S) groups is 1. The maximum atomic E-state index is 12.5. The van der Waals surface area contributed by atoms with E-state index in [1.807, 2.05) is 0 Å². The van der Waals surface area contributed by atoms with Crippen LogP contribution in [0.2, 0.25) is 0 Å². The quantitative estimate of drug-likeness (QED) is 0.317. The lowest BCUT2D eigenvalue weighted by atomic mass is 10.1. The van der Waals surface area contributed by atoms with Crippen molar-refractivity contribution < 1.29 is 28.5 Å². The lowest BCUT2D eigenvalue weighted by molar-refractivity contribution is 0.0934. The summed E-state index contributed by atoms with van der Waals surface area (Å²) in [6, 6.07) is 7.95. The van der Waals surface area contributed by atoms with E-state index < -0.39 is 11.8 Å². The van der Waals surface area contributed by atoms with Crippen LogP contribution in [0.3, 0.4) is 0 Å². The standard InChI is InChI=1S/C23H28BrN3O6S/c1-13(2)8-9-33-17-7-6-14(10-16(17)24)21(28)25-23(34)27-26-22(29)15-11-18(30-3)20(32-5)19(12-15)31-4/h6-7,10-13H,8-9H2,1-5H3,(H,26,29)(H2,25,27,28,34). The van der Waals surface area contributed by atoms with Crippen molar-refractivity contribution in [3.63, 3.8) is 0 Å². The van der Waals surface area contributed by atoms with Crippen molar-refractivity contribution in [2.75, 3.05) is 27.9 Å². The van der Waals surface area contributed by atoms with E-state index in [1.165, 1.54) is 33.5 Å². The minimum atomic E-state index is -0.526. The minimum absolute atomic E-state index is 0.0841. The topological polar surface area (TPSA) is 107 Å². The van der Waals surface area contributed by atoms with E-state index in [0.717, 1.165) is 6.42 Å². The van der Waals surface area contributed by atoms with E-state index in [-0.39, 0.29) is 10.7 Å². The third kappa shape index (κ3) is 7.49. The highest BCUT2D eigenvalue weighted by atomic mass is 79.9. The summed E-state index contributed by atoms with van der Waals surface area (Å²) in [6.07, 6.45) is 0.927. The summed E-state index contributed by atoms with van der Waals surface area (Å²) in [6.45, 7) is 4.83. The van der Waals surface area contributed by atoms with E-state index >= 15 is 0 Å². The van der Waals surface area contributed by atoms with Crippen LogP contribution in [0.5, 0.6) is 23.0 Å². The number of amides is 2. The van der Waals surface area contributed by atoms with Crippen LogP contribution < -0.4 is 35.1 Å². The number of carbonyl (C=O) groups is 2. The number of halogens is 1. The lowest BCUT2D eigenvalue weighted by Crippen LogP contribution is -2.48. The molecule has 0 aromatic heterocycles. The second-order valence-corrected chi connectivity index (χ2v) is 8.72. The summed E-state index contributed by atoms with van der Waals surface area (Å²) in [5.41, 5.74) is 5.52. The van der Waals surface area contributed by atoms with Gasteiger partial charge in [-0.25, -0.2) is 0 Å². The predicted octanol–water partition coefficient (Wildman–Crippen LogP) is 3.85. The van der Waals surface area contributed by atoms with E-state index in [9.17, 15) is 9.59 Å². The third-order valence-electron chi connectivity index (χ3n) is 4.59. The summed E-state index contributed by atoms with van der Waals surface area (Å²) in [7, 11) is 4.36. The molecule has 0 saturated carbocycles. The summed E-state index contributed by atoms with van der Waals surface area (Å²) in [5, 5.41) is 2.42. The van der Waals surface area contributed by atoms with Crippen LogP contribution in [0, 0.1) is 5.92 Å². The molecule has 0 spiro atoms. The molecule has 0 aliphatic carbocycles. The van der Waals surface area contributed by atoms with Gasteiger partial charge >= 0.3 is 0 Å². The van der Waals surface area contributed by atoms with Gasteiger partial charge in [0.2, 0.25) is 5.75 Å². The van der Waals surface area contributed by atoms with Gasteiger partial charge in [0.05, 0.1) is 32.4 Å². The van der Waals surface area contributed by atoms with E-state index in [0.29, 0.717) is 45.6 Å². The Morgan fingerprint density at radius 3 is 2.09 bits per heavy atom. The number of carbonyl (C=O) groups excluding carboxylic acids is 2.